The second-order valence-electron chi connectivity index (χ2n) is 7.62. The van der Waals surface area contributed by atoms with Gasteiger partial charge < -0.3 is 19.7 Å². The van der Waals surface area contributed by atoms with Crippen LogP contribution in [0.4, 0.5) is 0 Å². The molecule has 3 rings (SSSR count). The Balaban J connectivity index is 1.78. The van der Waals surface area contributed by atoms with Crippen molar-refractivity contribution in [1.82, 2.24) is 0 Å². The minimum absolute atomic E-state index is 0.0719. The number of carbonyl (C=O) groups is 3. The van der Waals surface area contributed by atoms with E-state index in [0.29, 0.717) is 0 Å². The van der Waals surface area contributed by atoms with Gasteiger partial charge in [0.25, 0.3) is 0 Å². The van der Waals surface area contributed by atoms with Gasteiger partial charge in [-0.25, -0.2) is 4.79 Å². The maximum Gasteiger partial charge on any atom is 0.332 e. The highest BCUT2D eigenvalue weighted by molar-refractivity contribution is 6.27. The Hall–Kier alpha value is -3.71. The molecule has 0 spiro atoms. The maximum absolute atomic E-state index is 13.1. The molecule has 1 atom stereocenters. The van der Waals surface area contributed by atoms with Crippen LogP contribution in [0.5, 0.6) is 11.5 Å². The highest BCUT2D eigenvalue weighted by Crippen LogP contribution is 2.36. The largest absolute Gasteiger partial charge is 0.507 e. The SMILES string of the molecule is CC(C)=CCC(OC(=O)COCc1ccccc1)C1=CC(=O)c2c(O)ccc(O)c2C1=O. The fourth-order valence-electron chi connectivity index (χ4n) is 3.32. The molecule has 7 heteroatoms. The van der Waals surface area contributed by atoms with Gasteiger partial charge in [-0.3, -0.25) is 9.59 Å². The van der Waals surface area contributed by atoms with Crippen LogP contribution in [0.3, 0.4) is 0 Å². The maximum atomic E-state index is 13.1. The number of benzene rings is 2. The second kappa shape index (κ2) is 10.1. The lowest BCUT2D eigenvalue weighted by molar-refractivity contribution is -0.152. The molecule has 0 saturated heterocycles. The van der Waals surface area contributed by atoms with Gasteiger partial charge in [0, 0.05) is 12.0 Å². The number of Topliss-reactive ketones (excluding diaryl/α,β-unsaturated/α-hetero) is 1. The van der Waals surface area contributed by atoms with Crippen molar-refractivity contribution in [2.75, 3.05) is 6.61 Å². The van der Waals surface area contributed by atoms with Crippen molar-refractivity contribution in [3.63, 3.8) is 0 Å². The van der Waals surface area contributed by atoms with E-state index in [1.165, 1.54) is 0 Å². The molecule has 0 saturated carbocycles. The smallest absolute Gasteiger partial charge is 0.332 e. The number of phenolic OH excluding ortho intramolecular Hbond substituents is 2. The zero-order valence-electron chi connectivity index (χ0n) is 17.8. The quantitative estimate of drug-likeness (QED) is 0.367. The Morgan fingerprint density at radius 3 is 2.31 bits per heavy atom. The topological polar surface area (TPSA) is 110 Å². The fourth-order valence-corrected chi connectivity index (χ4v) is 3.32. The summed E-state index contributed by atoms with van der Waals surface area (Å²) >= 11 is 0. The van der Waals surface area contributed by atoms with Gasteiger partial charge in [0.1, 0.15) is 24.2 Å². The Kier molecular flexibility index (Phi) is 7.22. The third-order valence-corrected chi connectivity index (χ3v) is 4.88. The van der Waals surface area contributed by atoms with Crippen LogP contribution in [-0.4, -0.2) is 40.5 Å². The van der Waals surface area contributed by atoms with Gasteiger partial charge >= 0.3 is 5.97 Å². The van der Waals surface area contributed by atoms with E-state index in [1.54, 1.807) is 6.08 Å². The molecule has 0 amide bonds. The van der Waals surface area contributed by atoms with Crippen molar-refractivity contribution >= 4 is 17.5 Å². The predicted octanol–water partition coefficient (Wildman–Crippen LogP) is 3.89. The average molecular weight is 436 g/mol. The van der Waals surface area contributed by atoms with E-state index in [1.807, 2.05) is 44.2 Å². The van der Waals surface area contributed by atoms with Crippen molar-refractivity contribution in [3.8, 4) is 11.5 Å². The normalized spacial score (nSPS) is 13.8. The lowest BCUT2D eigenvalue weighted by atomic mass is 9.85. The van der Waals surface area contributed by atoms with Crippen molar-refractivity contribution in [2.45, 2.75) is 33.0 Å². The lowest BCUT2D eigenvalue weighted by Crippen LogP contribution is -2.30. The first-order valence-electron chi connectivity index (χ1n) is 10.1. The first-order chi connectivity index (χ1) is 15.3. The number of aromatic hydroxyl groups is 2. The highest BCUT2D eigenvalue weighted by atomic mass is 16.6. The molecule has 2 aromatic rings. The Bertz CT molecular complexity index is 1090. The average Bonchev–Trinajstić information content (AvgIpc) is 2.76. The van der Waals surface area contributed by atoms with Crippen LogP contribution in [0, 0.1) is 0 Å². The van der Waals surface area contributed by atoms with Gasteiger partial charge in [0.15, 0.2) is 11.6 Å². The van der Waals surface area contributed by atoms with Crippen molar-refractivity contribution in [1.29, 1.82) is 0 Å². The molecular weight excluding hydrogens is 412 g/mol. The Labute approximate surface area is 185 Å². The zero-order valence-corrected chi connectivity index (χ0v) is 17.8. The third kappa shape index (κ3) is 5.31. The molecule has 7 nitrogen and oxygen atoms in total. The molecule has 0 aromatic heterocycles. The van der Waals surface area contributed by atoms with E-state index in [4.69, 9.17) is 9.47 Å². The van der Waals surface area contributed by atoms with E-state index in [2.05, 4.69) is 0 Å². The summed E-state index contributed by atoms with van der Waals surface area (Å²) in [5.74, 6) is -2.86. The number of ketones is 2. The number of rotatable bonds is 8. The number of carbonyl (C=O) groups excluding carboxylic acids is 3. The summed E-state index contributed by atoms with van der Waals surface area (Å²) in [4.78, 5) is 38.1. The van der Waals surface area contributed by atoms with Crippen LogP contribution in [0.25, 0.3) is 0 Å². The summed E-state index contributed by atoms with van der Waals surface area (Å²) in [6.45, 7) is 3.58. The third-order valence-electron chi connectivity index (χ3n) is 4.88. The number of allylic oxidation sites excluding steroid dienone is 2. The number of phenols is 2. The van der Waals surface area contributed by atoms with E-state index in [0.717, 1.165) is 29.3 Å². The summed E-state index contributed by atoms with van der Waals surface area (Å²) in [5.41, 5.74) is 1.19. The van der Waals surface area contributed by atoms with Crippen LogP contribution in [0.15, 0.2) is 65.8 Å². The molecule has 0 bridgehead atoms. The van der Waals surface area contributed by atoms with Crippen molar-refractivity contribution in [2.24, 2.45) is 0 Å². The van der Waals surface area contributed by atoms with Crippen molar-refractivity contribution in [3.05, 3.63) is 82.5 Å². The van der Waals surface area contributed by atoms with E-state index in [9.17, 15) is 24.6 Å². The molecular formula is C25H24O7. The Morgan fingerprint density at radius 1 is 1.00 bits per heavy atom. The van der Waals surface area contributed by atoms with Crippen LogP contribution in [0.2, 0.25) is 0 Å². The van der Waals surface area contributed by atoms with Gasteiger partial charge in [0.2, 0.25) is 0 Å². The molecule has 0 radical (unpaired) electrons. The van der Waals surface area contributed by atoms with Gasteiger partial charge in [-0.1, -0.05) is 42.0 Å². The minimum Gasteiger partial charge on any atom is -0.507 e. The molecule has 32 heavy (non-hydrogen) atoms. The molecule has 166 valence electrons. The predicted molar refractivity (Wildman–Crippen MR) is 117 cm³/mol. The van der Waals surface area contributed by atoms with Gasteiger partial charge in [0.05, 0.1) is 17.7 Å². The monoisotopic (exact) mass is 436 g/mol. The molecule has 2 N–H and O–H groups in total. The lowest BCUT2D eigenvalue weighted by Gasteiger charge is -2.23. The molecule has 1 aliphatic carbocycles. The summed E-state index contributed by atoms with van der Waals surface area (Å²) in [6.07, 6.45) is 1.93. The van der Waals surface area contributed by atoms with Crippen LogP contribution in [0.1, 0.15) is 46.5 Å². The zero-order chi connectivity index (χ0) is 23.3. The fraction of sp³-hybridized carbons (Fsp3) is 0.240. The molecule has 1 unspecified atom stereocenters. The van der Waals surface area contributed by atoms with Crippen LogP contribution in [-0.2, 0) is 20.9 Å². The van der Waals surface area contributed by atoms with Gasteiger partial charge in [-0.2, -0.15) is 0 Å². The number of fused-ring (bicyclic) bond motifs is 1. The van der Waals surface area contributed by atoms with Crippen molar-refractivity contribution < 1.29 is 34.1 Å². The number of ether oxygens (including phenoxy) is 2. The van der Waals surface area contributed by atoms with Gasteiger partial charge in [-0.15, -0.1) is 0 Å². The molecule has 0 aliphatic heterocycles. The van der Waals surface area contributed by atoms with E-state index < -0.39 is 35.1 Å². The second-order valence-corrected chi connectivity index (χ2v) is 7.62. The molecule has 0 heterocycles. The highest BCUT2D eigenvalue weighted by Gasteiger charge is 2.35. The number of hydrogen-bond acceptors (Lipinski definition) is 7. The summed E-state index contributed by atoms with van der Waals surface area (Å²) in [5, 5.41) is 20.1. The summed E-state index contributed by atoms with van der Waals surface area (Å²) in [7, 11) is 0. The van der Waals surface area contributed by atoms with E-state index >= 15 is 0 Å². The molecule has 2 aromatic carbocycles. The van der Waals surface area contributed by atoms with E-state index in [-0.39, 0.29) is 36.3 Å². The molecule has 1 aliphatic rings. The van der Waals surface area contributed by atoms with Crippen LogP contribution < -0.4 is 0 Å². The van der Waals surface area contributed by atoms with Crippen LogP contribution >= 0.6 is 0 Å². The summed E-state index contributed by atoms with van der Waals surface area (Å²) in [6, 6.07) is 11.6. The molecule has 0 fully saturated rings. The standard InChI is InChI=1S/C25H24O7/c1-15(2)8-11-21(32-22(29)14-31-13-16-6-4-3-5-7-16)17-12-20(28)23-18(26)9-10-19(27)24(23)25(17)30/h3-10,12,21,26-27H,11,13-14H2,1-2H3. The number of hydrogen-bond donors (Lipinski definition) is 2. The number of esters is 1. The minimum atomic E-state index is -1.05. The first kappa shape index (κ1) is 23.0. The first-order valence-corrected chi connectivity index (χ1v) is 10.1. The summed E-state index contributed by atoms with van der Waals surface area (Å²) < 4.78 is 10.9. The van der Waals surface area contributed by atoms with Gasteiger partial charge in [-0.05, 0) is 37.6 Å². The Morgan fingerprint density at radius 2 is 1.66 bits per heavy atom.